The Balaban J connectivity index is 1.57. The number of para-hydroxylation sites is 1. The largest absolute Gasteiger partial charge is 0.375 e. The summed E-state index contributed by atoms with van der Waals surface area (Å²) in [5.74, 6) is -0.0452. The lowest BCUT2D eigenvalue weighted by atomic mass is 9.98. The molecule has 1 aliphatic rings. The molecule has 1 aliphatic heterocycles. The number of nitrogens with one attached hydrogen (secondary N) is 1. The van der Waals surface area contributed by atoms with Crippen molar-refractivity contribution in [2.24, 2.45) is 7.05 Å². The number of benzene rings is 1. The average molecular weight is 328 g/mol. The number of aryl methyl sites for hydroxylation is 1. The monoisotopic (exact) mass is 328 g/mol. The lowest BCUT2D eigenvalue weighted by molar-refractivity contribution is -0.133. The number of nitrogens with zero attached hydrogens (tertiary/aromatic N) is 3. The van der Waals surface area contributed by atoms with Crippen LogP contribution in [0.4, 0.5) is 0 Å². The van der Waals surface area contributed by atoms with E-state index in [1.807, 2.05) is 35.9 Å². The maximum atomic E-state index is 12.4. The van der Waals surface area contributed by atoms with Crippen molar-refractivity contribution >= 4 is 27.5 Å². The molecule has 0 unspecified atom stereocenters. The van der Waals surface area contributed by atoms with Gasteiger partial charge in [0.05, 0.1) is 36.2 Å². The van der Waals surface area contributed by atoms with Crippen LogP contribution in [-0.2, 0) is 28.5 Å². The van der Waals surface area contributed by atoms with Gasteiger partial charge in [-0.1, -0.05) is 12.1 Å². The van der Waals surface area contributed by atoms with Gasteiger partial charge >= 0.3 is 0 Å². The summed E-state index contributed by atoms with van der Waals surface area (Å²) < 4.78 is 8.35. The second-order valence-corrected chi connectivity index (χ2v) is 6.81. The number of rotatable bonds is 4. The lowest BCUT2D eigenvalue weighted by Crippen LogP contribution is -2.59. The van der Waals surface area contributed by atoms with Crippen molar-refractivity contribution in [3.05, 3.63) is 47.5 Å². The van der Waals surface area contributed by atoms with Gasteiger partial charge in [-0.25, -0.2) is 9.97 Å². The molecule has 118 valence electrons. The molecule has 3 heterocycles. The normalized spacial score (nSPS) is 16.2. The molecule has 1 N–H and O–H groups in total. The van der Waals surface area contributed by atoms with Gasteiger partial charge in [-0.15, -0.1) is 11.3 Å². The van der Waals surface area contributed by atoms with Gasteiger partial charge in [-0.05, 0) is 12.1 Å². The van der Waals surface area contributed by atoms with Crippen molar-refractivity contribution in [1.29, 1.82) is 0 Å². The maximum Gasteiger partial charge on any atom is 0.226 e. The van der Waals surface area contributed by atoms with Gasteiger partial charge in [0.15, 0.2) is 0 Å². The Morgan fingerprint density at radius 2 is 2.26 bits per heavy atom. The predicted octanol–water partition coefficient (Wildman–Crippen LogP) is 1.61. The minimum Gasteiger partial charge on any atom is -0.375 e. The minimum absolute atomic E-state index is 0.0452. The number of carbonyl (C=O) groups excluding carboxylic acids is 1. The molecular weight excluding hydrogens is 312 g/mol. The second kappa shape index (κ2) is 5.43. The number of aromatic nitrogens is 3. The minimum atomic E-state index is -0.501. The molecule has 6 nitrogen and oxygen atoms in total. The smallest absolute Gasteiger partial charge is 0.226 e. The summed E-state index contributed by atoms with van der Waals surface area (Å²) >= 11 is 1.61. The van der Waals surface area contributed by atoms with Gasteiger partial charge in [-0.3, -0.25) is 4.79 Å². The van der Waals surface area contributed by atoms with E-state index in [-0.39, 0.29) is 5.91 Å². The van der Waals surface area contributed by atoms with Crippen molar-refractivity contribution in [2.75, 3.05) is 13.2 Å². The van der Waals surface area contributed by atoms with E-state index < -0.39 is 5.54 Å². The van der Waals surface area contributed by atoms with Gasteiger partial charge in [0.1, 0.15) is 10.5 Å². The van der Waals surface area contributed by atoms with Crippen LogP contribution in [0.15, 0.2) is 36.8 Å². The lowest BCUT2D eigenvalue weighted by Gasteiger charge is -2.40. The molecule has 3 aromatic rings. The van der Waals surface area contributed by atoms with E-state index >= 15 is 0 Å². The highest BCUT2D eigenvalue weighted by atomic mass is 32.1. The number of hydrogen-bond donors (Lipinski definition) is 1. The Labute approximate surface area is 137 Å². The van der Waals surface area contributed by atoms with E-state index in [0.29, 0.717) is 19.6 Å². The first-order valence-corrected chi connectivity index (χ1v) is 8.18. The number of fused-ring (bicyclic) bond motifs is 1. The first-order chi connectivity index (χ1) is 11.2. The molecule has 0 atom stereocenters. The molecule has 0 spiro atoms. The van der Waals surface area contributed by atoms with E-state index in [1.54, 1.807) is 23.9 Å². The second-order valence-electron chi connectivity index (χ2n) is 5.78. The van der Waals surface area contributed by atoms with E-state index in [4.69, 9.17) is 4.74 Å². The molecule has 0 radical (unpaired) electrons. The van der Waals surface area contributed by atoms with Crippen molar-refractivity contribution in [1.82, 2.24) is 19.9 Å². The molecule has 0 saturated carbocycles. The zero-order chi connectivity index (χ0) is 15.9. The first-order valence-electron chi connectivity index (χ1n) is 7.36. The van der Waals surface area contributed by atoms with Gasteiger partial charge in [0, 0.05) is 18.9 Å². The third-order valence-electron chi connectivity index (χ3n) is 4.04. The molecule has 1 aromatic carbocycles. The molecule has 7 heteroatoms. The highest BCUT2D eigenvalue weighted by Gasteiger charge is 2.44. The van der Waals surface area contributed by atoms with Crippen molar-refractivity contribution in [2.45, 2.75) is 12.0 Å². The first kappa shape index (κ1) is 14.3. The molecule has 1 fully saturated rings. The number of thiazole rings is 1. The Hall–Kier alpha value is -2.25. The molecule has 1 saturated heterocycles. The van der Waals surface area contributed by atoms with Crippen LogP contribution in [0.2, 0.25) is 0 Å². The molecular formula is C16H16N4O2S. The van der Waals surface area contributed by atoms with Crippen molar-refractivity contribution in [3.8, 4) is 0 Å². The Kier molecular flexibility index (Phi) is 3.39. The van der Waals surface area contributed by atoms with Crippen molar-refractivity contribution < 1.29 is 9.53 Å². The molecule has 0 aliphatic carbocycles. The molecule has 4 rings (SSSR count). The number of imidazole rings is 1. The van der Waals surface area contributed by atoms with Crippen LogP contribution in [0.1, 0.15) is 10.7 Å². The SMILES string of the molecule is Cn1cncc1CC(=O)NC1(c2nc3ccccc3s2)COC1. The summed E-state index contributed by atoms with van der Waals surface area (Å²) in [7, 11) is 1.88. The highest BCUT2D eigenvalue weighted by Crippen LogP contribution is 2.35. The fourth-order valence-corrected chi connectivity index (χ4v) is 3.74. The Morgan fingerprint density at radius 3 is 2.91 bits per heavy atom. The summed E-state index contributed by atoms with van der Waals surface area (Å²) in [5, 5.41) is 4.02. The van der Waals surface area contributed by atoms with Gasteiger partial charge in [0.25, 0.3) is 0 Å². The quantitative estimate of drug-likeness (QED) is 0.790. The zero-order valence-corrected chi connectivity index (χ0v) is 13.5. The van der Waals surface area contributed by atoms with Crippen molar-refractivity contribution in [3.63, 3.8) is 0 Å². The topological polar surface area (TPSA) is 69.0 Å². The summed E-state index contributed by atoms with van der Waals surface area (Å²) in [6.45, 7) is 0.925. The standard InChI is InChI=1S/C16H16N4O2S/c1-20-10-17-7-11(20)6-14(21)19-16(8-22-9-16)15-18-12-4-2-3-5-13(12)23-15/h2-5,7,10H,6,8-9H2,1H3,(H,19,21). The third-order valence-corrected chi connectivity index (χ3v) is 5.28. The maximum absolute atomic E-state index is 12.4. The molecule has 23 heavy (non-hydrogen) atoms. The summed E-state index contributed by atoms with van der Waals surface area (Å²) in [6.07, 6.45) is 3.70. The average Bonchev–Trinajstić information content (AvgIpc) is 3.09. The predicted molar refractivity (Wildman–Crippen MR) is 87.2 cm³/mol. The van der Waals surface area contributed by atoms with Gasteiger partial charge in [0.2, 0.25) is 5.91 Å². The van der Waals surface area contributed by atoms with Crippen LogP contribution >= 0.6 is 11.3 Å². The molecule has 0 bridgehead atoms. The van der Waals surface area contributed by atoms with Crippen LogP contribution in [0.3, 0.4) is 0 Å². The van der Waals surface area contributed by atoms with Gasteiger partial charge < -0.3 is 14.6 Å². The Bertz CT molecular complexity index is 833. The van der Waals surface area contributed by atoms with Crippen LogP contribution in [-0.4, -0.2) is 33.7 Å². The highest BCUT2D eigenvalue weighted by molar-refractivity contribution is 7.18. The number of ether oxygens (including phenoxy) is 1. The third kappa shape index (κ3) is 2.51. The fourth-order valence-electron chi connectivity index (χ4n) is 2.66. The number of amides is 1. The Morgan fingerprint density at radius 1 is 1.43 bits per heavy atom. The van der Waals surface area contributed by atoms with Crippen LogP contribution < -0.4 is 5.32 Å². The summed E-state index contributed by atoms with van der Waals surface area (Å²) in [4.78, 5) is 21.1. The zero-order valence-electron chi connectivity index (χ0n) is 12.7. The van der Waals surface area contributed by atoms with Gasteiger partial charge in [-0.2, -0.15) is 0 Å². The fraction of sp³-hybridized carbons (Fsp3) is 0.312. The summed E-state index contributed by atoms with van der Waals surface area (Å²) in [5.41, 5.74) is 1.33. The van der Waals surface area contributed by atoms with E-state index in [1.165, 1.54) is 0 Å². The van der Waals surface area contributed by atoms with Crippen LogP contribution in [0.25, 0.3) is 10.2 Å². The van der Waals surface area contributed by atoms with E-state index in [9.17, 15) is 4.79 Å². The van der Waals surface area contributed by atoms with Crippen LogP contribution in [0.5, 0.6) is 0 Å². The molecule has 1 amide bonds. The molecule has 2 aromatic heterocycles. The number of hydrogen-bond acceptors (Lipinski definition) is 5. The number of carbonyl (C=O) groups is 1. The van der Waals surface area contributed by atoms with Crippen LogP contribution in [0, 0.1) is 0 Å². The summed E-state index contributed by atoms with van der Waals surface area (Å²) in [6, 6.07) is 7.99. The van der Waals surface area contributed by atoms with E-state index in [2.05, 4.69) is 15.3 Å². The van der Waals surface area contributed by atoms with E-state index in [0.717, 1.165) is 20.9 Å².